The van der Waals surface area contributed by atoms with Crippen molar-refractivity contribution in [2.24, 2.45) is 10.9 Å². The number of nitrogens with two attached hydrogens (primary N) is 1. The molecule has 4 rings (SSSR count). The Morgan fingerprint density at radius 1 is 1.11 bits per heavy atom. The van der Waals surface area contributed by atoms with E-state index in [1.54, 1.807) is 23.0 Å². The fraction of sp³-hybridized carbons (Fsp3) is 0.250. The molecule has 0 bridgehead atoms. The third kappa shape index (κ3) is 5.17. The summed E-state index contributed by atoms with van der Waals surface area (Å²) in [7, 11) is 0. The van der Waals surface area contributed by atoms with Gasteiger partial charge in [0.25, 0.3) is 5.56 Å². The summed E-state index contributed by atoms with van der Waals surface area (Å²) in [6, 6.07) is 15.0. The van der Waals surface area contributed by atoms with E-state index in [4.69, 9.17) is 15.9 Å². The molecule has 0 spiro atoms. The zero-order chi connectivity index (χ0) is 25.7. The number of aryl methyl sites for hydroxylation is 3. The van der Waals surface area contributed by atoms with Gasteiger partial charge < -0.3 is 10.9 Å². The Morgan fingerprint density at radius 3 is 2.61 bits per heavy atom. The average molecular weight is 483 g/mol. The maximum absolute atomic E-state index is 13.7. The van der Waals surface area contributed by atoms with Crippen LogP contribution in [0.3, 0.4) is 0 Å². The fourth-order valence-corrected chi connectivity index (χ4v) is 4.24. The van der Waals surface area contributed by atoms with Crippen LogP contribution in [-0.2, 0) is 12.8 Å². The largest absolute Gasteiger partial charge is 0.409 e. The highest BCUT2D eigenvalue weighted by Crippen LogP contribution is 2.23. The van der Waals surface area contributed by atoms with Crippen LogP contribution in [0.1, 0.15) is 53.5 Å². The number of rotatable bonds is 8. The lowest BCUT2D eigenvalue weighted by atomic mass is 10.00. The van der Waals surface area contributed by atoms with Gasteiger partial charge in [-0.05, 0) is 56.0 Å². The fourth-order valence-electron chi connectivity index (χ4n) is 4.24. The summed E-state index contributed by atoms with van der Waals surface area (Å²) < 4.78 is 1.59. The number of nitrogens with zero attached hydrogens (tertiary/aromatic N) is 5. The summed E-state index contributed by atoms with van der Waals surface area (Å²) in [5.41, 5.74) is 11.2. The second kappa shape index (κ2) is 10.9. The summed E-state index contributed by atoms with van der Waals surface area (Å²) in [4.78, 5) is 27.6. The molecule has 0 radical (unpaired) electrons. The molecule has 0 aliphatic carbocycles. The van der Waals surface area contributed by atoms with Crippen molar-refractivity contribution in [3.63, 3.8) is 0 Å². The van der Waals surface area contributed by atoms with Crippen LogP contribution in [0.4, 0.5) is 0 Å². The van der Waals surface area contributed by atoms with Gasteiger partial charge in [0, 0.05) is 35.5 Å². The van der Waals surface area contributed by atoms with Gasteiger partial charge in [-0.3, -0.25) is 9.78 Å². The van der Waals surface area contributed by atoms with Gasteiger partial charge in [-0.1, -0.05) is 48.8 Å². The Hall–Kier alpha value is -4.33. The summed E-state index contributed by atoms with van der Waals surface area (Å²) in [6.45, 7) is 5.94. The third-order valence-corrected chi connectivity index (χ3v) is 6.12. The Morgan fingerprint density at radius 2 is 1.92 bits per heavy atom. The van der Waals surface area contributed by atoms with Gasteiger partial charge in [-0.25, -0.2) is 14.5 Å². The molecular weight excluding hydrogens is 452 g/mol. The quantitative estimate of drug-likeness (QED) is 0.167. The Labute approximate surface area is 210 Å². The predicted molar refractivity (Wildman–Crippen MR) is 141 cm³/mol. The third-order valence-electron chi connectivity index (χ3n) is 6.12. The Bertz CT molecular complexity index is 1460. The monoisotopic (exact) mass is 482 g/mol. The molecule has 1 aromatic carbocycles. The molecule has 3 N–H and O–H groups in total. The van der Waals surface area contributed by atoms with E-state index in [-0.39, 0.29) is 11.4 Å². The van der Waals surface area contributed by atoms with Crippen molar-refractivity contribution in [1.82, 2.24) is 19.5 Å². The maximum atomic E-state index is 13.7. The smallest absolute Gasteiger partial charge is 0.263 e. The first-order valence-corrected chi connectivity index (χ1v) is 12.0. The SMILES string of the molecule is CCCCc1nc(C)n(-c2cc(C)ccn2)c(=O)c1Cc1ccc(-c2ccccc2/C(N)=N\O)nc1. The van der Waals surface area contributed by atoms with Crippen LogP contribution >= 0.6 is 0 Å². The van der Waals surface area contributed by atoms with Gasteiger partial charge in [-0.2, -0.15) is 0 Å². The maximum Gasteiger partial charge on any atom is 0.263 e. The first kappa shape index (κ1) is 24.8. The zero-order valence-electron chi connectivity index (χ0n) is 20.8. The molecule has 0 aliphatic heterocycles. The van der Waals surface area contributed by atoms with Crippen LogP contribution in [-0.4, -0.2) is 30.6 Å². The molecule has 4 aromatic rings. The minimum Gasteiger partial charge on any atom is -0.409 e. The number of hydrogen-bond acceptors (Lipinski definition) is 6. The number of aromatic nitrogens is 4. The van der Waals surface area contributed by atoms with Gasteiger partial charge in [0.05, 0.1) is 11.4 Å². The number of amidine groups is 1. The lowest BCUT2D eigenvalue weighted by Crippen LogP contribution is -2.29. The van der Waals surface area contributed by atoms with Crippen molar-refractivity contribution in [3.05, 3.63) is 105 Å². The molecule has 0 fully saturated rings. The lowest BCUT2D eigenvalue weighted by Gasteiger charge is -2.15. The van der Waals surface area contributed by atoms with Crippen molar-refractivity contribution in [3.8, 4) is 17.1 Å². The summed E-state index contributed by atoms with van der Waals surface area (Å²) in [5, 5.41) is 12.2. The summed E-state index contributed by atoms with van der Waals surface area (Å²) in [5.74, 6) is 1.22. The first-order chi connectivity index (χ1) is 17.4. The van der Waals surface area contributed by atoms with E-state index in [0.29, 0.717) is 34.9 Å². The Kier molecular flexibility index (Phi) is 7.53. The van der Waals surface area contributed by atoms with Gasteiger partial charge in [0.15, 0.2) is 5.84 Å². The highest BCUT2D eigenvalue weighted by Gasteiger charge is 2.17. The van der Waals surface area contributed by atoms with Crippen LogP contribution in [0.25, 0.3) is 17.1 Å². The second-order valence-corrected chi connectivity index (χ2v) is 8.78. The highest BCUT2D eigenvalue weighted by atomic mass is 16.4. The van der Waals surface area contributed by atoms with Gasteiger partial charge in [0.1, 0.15) is 11.6 Å². The molecule has 184 valence electrons. The number of hydrogen-bond donors (Lipinski definition) is 2. The minimum absolute atomic E-state index is 0.0214. The second-order valence-electron chi connectivity index (χ2n) is 8.78. The molecule has 0 atom stereocenters. The predicted octanol–water partition coefficient (Wildman–Crippen LogP) is 4.33. The molecule has 8 nitrogen and oxygen atoms in total. The zero-order valence-corrected chi connectivity index (χ0v) is 20.8. The molecular formula is C28H30N6O2. The Balaban J connectivity index is 1.74. The van der Waals surface area contributed by atoms with Crippen LogP contribution in [0.2, 0.25) is 0 Å². The van der Waals surface area contributed by atoms with Gasteiger partial charge in [-0.15, -0.1) is 0 Å². The minimum atomic E-state index is -0.104. The summed E-state index contributed by atoms with van der Waals surface area (Å²) >= 11 is 0. The van der Waals surface area contributed by atoms with Crippen molar-refractivity contribution < 1.29 is 5.21 Å². The van der Waals surface area contributed by atoms with Crippen LogP contribution in [0.15, 0.2) is 70.9 Å². The molecule has 0 amide bonds. The first-order valence-electron chi connectivity index (χ1n) is 12.0. The molecule has 3 heterocycles. The van der Waals surface area contributed by atoms with Crippen molar-refractivity contribution >= 4 is 5.84 Å². The number of pyridine rings is 2. The average Bonchev–Trinajstić information content (AvgIpc) is 2.89. The van der Waals surface area contributed by atoms with E-state index in [1.807, 2.05) is 56.3 Å². The van der Waals surface area contributed by atoms with Gasteiger partial charge >= 0.3 is 0 Å². The lowest BCUT2D eigenvalue weighted by molar-refractivity contribution is 0.318. The topological polar surface area (TPSA) is 119 Å². The molecule has 0 saturated heterocycles. The van der Waals surface area contributed by atoms with E-state index in [2.05, 4.69) is 22.0 Å². The number of oxime groups is 1. The standard InChI is InChI=1S/C28H30N6O2/c1-4-5-10-25-23(28(35)34(19(3)32-25)26-15-18(2)13-14-30-26)16-20-11-12-24(31-17-20)21-8-6-7-9-22(21)27(29)33-36/h6-9,11-15,17,36H,4-5,10,16H2,1-3H3,(H2,29,33). The van der Waals surface area contributed by atoms with E-state index in [1.165, 1.54) is 0 Å². The van der Waals surface area contributed by atoms with Crippen molar-refractivity contribution in [1.29, 1.82) is 0 Å². The van der Waals surface area contributed by atoms with E-state index < -0.39 is 0 Å². The van der Waals surface area contributed by atoms with E-state index in [0.717, 1.165) is 41.6 Å². The normalized spacial score (nSPS) is 11.6. The molecule has 36 heavy (non-hydrogen) atoms. The van der Waals surface area contributed by atoms with Crippen LogP contribution < -0.4 is 11.3 Å². The molecule has 3 aromatic heterocycles. The highest BCUT2D eigenvalue weighted by molar-refractivity contribution is 6.02. The van der Waals surface area contributed by atoms with Crippen molar-refractivity contribution in [2.75, 3.05) is 0 Å². The van der Waals surface area contributed by atoms with Crippen molar-refractivity contribution in [2.45, 2.75) is 46.5 Å². The molecule has 0 saturated carbocycles. The van der Waals surface area contributed by atoms with E-state index in [9.17, 15) is 4.79 Å². The number of benzene rings is 1. The molecule has 0 unspecified atom stereocenters. The summed E-state index contributed by atoms with van der Waals surface area (Å²) in [6.07, 6.45) is 6.58. The molecule has 0 aliphatic rings. The van der Waals surface area contributed by atoms with Crippen LogP contribution in [0.5, 0.6) is 0 Å². The van der Waals surface area contributed by atoms with Gasteiger partial charge in [0.2, 0.25) is 0 Å². The number of unbranched alkanes of at least 4 members (excludes halogenated alkanes) is 1. The van der Waals surface area contributed by atoms with E-state index >= 15 is 0 Å². The van der Waals surface area contributed by atoms with Crippen LogP contribution in [0, 0.1) is 13.8 Å². The molecule has 8 heteroatoms.